The van der Waals surface area contributed by atoms with Crippen LogP contribution in [0.2, 0.25) is 0 Å². The van der Waals surface area contributed by atoms with E-state index in [-0.39, 0.29) is 23.5 Å². The molecule has 0 spiro atoms. The first-order valence-electron chi connectivity index (χ1n) is 14.4. The smallest absolute Gasteiger partial charge is 0.319 e. The van der Waals surface area contributed by atoms with E-state index in [0.717, 1.165) is 27.5 Å². The maximum absolute atomic E-state index is 14.7. The predicted octanol–water partition coefficient (Wildman–Crippen LogP) is 3.70. The molecule has 3 aromatic rings. The topological polar surface area (TPSA) is 131 Å². The van der Waals surface area contributed by atoms with Gasteiger partial charge in [0.05, 0.1) is 35.6 Å². The van der Waals surface area contributed by atoms with Gasteiger partial charge in [0.1, 0.15) is 11.8 Å². The van der Waals surface area contributed by atoms with E-state index in [1.807, 2.05) is 49.4 Å². The number of fused-ring (bicyclic) bond motifs is 2. The molecular formula is C32H34F3N5O5S. The molecule has 3 amide bonds. The number of amides is 3. The van der Waals surface area contributed by atoms with E-state index in [2.05, 4.69) is 5.32 Å². The van der Waals surface area contributed by atoms with Crippen molar-refractivity contribution in [1.82, 2.24) is 10.2 Å². The fourth-order valence-corrected chi connectivity index (χ4v) is 6.34. The highest BCUT2D eigenvalue weighted by Crippen LogP contribution is 2.40. The molecule has 46 heavy (non-hydrogen) atoms. The molecule has 1 N–H and O–H groups in total. The summed E-state index contributed by atoms with van der Waals surface area (Å²) in [7, 11) is -2.48. The number of halogens is 3. The second kappa shape index (κ2) is 13.1. The Hall–Kier alpha value is -4.48. The van der Waals surface area contributed by atoms with Crippen LogP contribution in [0.25, 0.3) is 10.8 Å². The predicted molar refractivity (Wildman–Crippen MR) is 168 cm³/mol. The van der Waals surface area contributed by atoms with Crippen molar-refractivity contribution in [2.45, 2.75) is 51.6 Å². The van der Waals surface area contributed by atoms with Crippen LogP contribution in [0, 0.1) is 18.3 Å². The number of likely N-dealkylation sites (N-methyl/N-ethyl adjacent to an activating group) is 1. The summed E-state index contributed by atoms with van der Waals surface area (Å²) in [6.45, 7) is 3.90. The third-order valence-corrected chi connectivity index (χ3v) is 8.86. The van der Waals surface area contributed by atoms with Crippen LogP contribution in [0.3, 0.4) is 0 Å². The van der Waals surface area contributed by atoms with Crippen molar-refractivity contribution in [3.8, 4) is 6.07 Å². The summed E-state index contributed by atoms with van der Waals surface area (Å²) in [6, 6.07) is 13.0. The monoisotopic (exact) mass is 657 g/mol. The van der Waals surface area contributed by atoms with Gasteiger partial charge >= 0.3 is 12.1 Å². The molecule has 0 radical (unpaired) electrons. The highest BCUT2D eigenvalue weighted by molar-refractivity contribution is 7.91. The van der Waals surface area contributed by atoms with Crippen molar-refractivity contribution in [2.24, 2.45) is 0 Å². The van der Waals surface area contributed by atoms with Crippen molar-refractivity contribution in [3.05, 3.63) is 71.3 Å². The van der Waals surface area contributed by atoms with Gasteiger partial charge in [-0.15, -0.1) is 0 Å². The second-order valence-electron chi connectivity index (χ2n) is 11.5. The zero-order valence-corrected chi connectivity index (χ0v) is 26.7. The minimum atomic E-state index is -5.38. The molecule has 4 rings (SSSR count). The minimum Gasteiger partial charge on any atom is -0.319 e. The van der Waals surface area contributed by atoms with Crippen LogP contribution in [0.15, 0.2) is 54.6 Å². The molecule has 0 aliphatic carbocycles. The van der Waals surface area contributed by atoms with Gasteiger partial charge in [-0.3, -0.25) is 14.4 Å². The molecule has 1 aliphatic rings. The van der Waals surface area contributed by atoms with Crippen LogP contribution in [0.5, 0.6) is 0 Å². The molecule has 10 nitrogen and oxygen atoms in total. The molecule has 0 saturated carbocycles. The quantitative estimate of drug-likeness (QED) is 0.391. The molecule has 244 valence electrons. The maximum atomic E-state index is 14.7. The number of hydrogen-bond donors (Lipinski definition) is 1. The van der Waals surface area contributed by atoms with Crippen molar-refractivity contribution in [3.63, 3.8) is 0 Å². The van der Waals surface area contributed by atoms with E-state index >= 15 is 0 Å². The Kier molecular flexibility index (Phi) is 9.79. The third kappa shape index (κ3) is 7.00. The Morgan fingerprint density at radius 3 is 2.39 bits per heavy atom. The lowest BCUT2D eigenvalue weighted by molar-refractivity contribution is -0.189. The van der Waals surface area contributed by atoms with Gasteiger partial charge in [-0.05, 0) is 67.9 Å². The van der Waals surface area contributed by atoms with E-state index in [9.17, 15) is 41.2 Å². The van der Waals surface area contributed by atoms with Gasteiger partial charge in [-0.2, -0.15) is 18.4 Å². The summed E-state index contributed by atoms with van der Waals surface area (Å²) in [5.74, 6) is -5.27. The lowest BCUT2D eigenvalue weighted by Gasteiger charge is -2.39. The van der Waals surface area contributed by atoms with Crippen molar-refractivity contribution in [2.75, 3.05) is 35.4 Å². The highest BCUT2D eigenvalue weighted by atomic mass is 32.2. The molecule has 1 heterocycles. The number of carbonyl (C=O) groups excluding carboxylic acids is 3. The van der Waals surface area contributed by atoms with E-state index in [1.165, 1.54) is 44.0 Å². The van der Waals surface area contributed by atoms with E-state index in [0.29, 0.717) is 10.5 Å². The first-order valence-corrected chi connectivity index (χ1v) is 16.4. The number of carbonyl (C=O) groups is 3. The maximum Gasteiger partial charge on any atom is 0.471 e. The third-order valence-electron chi connectivity index (χ3n) is 8.09. The van der Waals surface area contributed by atoms with Gasteiger partial charge < -0.3 is 20.0 Å². The summed E-state index contributed by atoms with van der Waals surface area (Å²) < 4.78 is 67.0. The fourth-order valence-electron chi connectivity index (χ4n) is 5.76. The van der Waals surface area contributed by atoms with Crippen molar-refractivity contribution >= 4 is 49.7 Å². The number of aryl methyl sites for hydroxylation is 1. The molecule has 0 saturated heterocycles. The van der Waals surface area contributed by atoms with E-state index in [1.54, 1.807) is 0 Å². The highest BCUT2D eigenvalue weighted by Gasteiger charge is 2.52. The van der Waals surface area contributed by atoms with Crippen molar-refractivity contribution in [1.29, 1.82) is 5.26 Å². The number of hydrogen-bond acceptors (Lipinski definition) is 7. The van der Waals surface area contributed by atoms with Crippen LogP contribution in [-0.4, -0.2) is 80.9 Å². The van der Waals surface area contributed by atoms with Gasteiger partial charge in [0, 0.05) is 18.8 Å². The zero-order valence-electron chi connectivity index (χ0n) is 25.9. The number of sulfone groups is 1. The second-order valence-corrected chi connectivity index (χ2v) is 13.6. The summed E-state index contributed by atoms with van der Waals surface area (Å²) in [5, 5.41) is 14.1. The summed E-state index contributed by atoms with van der Waals surface area (Å²) in [4.78, 5) is 44.1. The number of nitrogens with zero attached hydrogens (tertiary/aromatic N) is 4. The van der Waals surface area contributed by atoms with Gasteiger partial charge in [0.2, 0.25) is 5.91 Å². The summed E-state index contributed by atoms with van der Waals surface area (Å²) in [5.41, 5.74) is 1.51. The number of nitrogens with one attached hydrogen (secondary N) is 1. The molecule has 3 atom stereocenters. The molecule has 3 aromatic carbocycles. The van der Waals surface area contributed by atoms with E-state index in [4.69, 9.17) is 0 Å². The number of nitriles is 1. The van der Waals surface area contributed by atoms with E-state index < -0.39 is 64.2 Å². The molecular weight excluding hydrogens is 623 g/mol. The SMILES string of the molecule is CN[C@@H](C)CN(C(=O)C(F)(F)F)[C@@H]1C(=O)N(Cc2c(C)ccc3ccccc23)c2ccc(C#N)cc2N(C(=O)CS(C)(=O)=O)[C@H]1C. The molecule has 14 heteroatoms. The molecule has 0 unspecified atom stereocenters. The Bertz CT molecular complexity index is 1840. The average molecular weight is 658 g/mol. The van der Waals surface area contributed by atoms with Gasteiger partial charge in [0.25, 0.3) is 5.91 Å². The first kappa shape index (κ1) is 34.4. The first-order chi connectivity index (χ1) is 21.5. The summed E-state index contributed by atoms with van der Waals surface area (Å²) in [6.07, 6.45) is -4.55. The largest absolute Gasteiger partial charge is 0.471 e. The Labute approximate surface area is 265 Å². The Balaban J connectivity index is 2.05. The van der Waals surface area contributed by atoms with Crippen molar-refractivity contribution < 1.29 is 36.0 Å². The lowest BCUT2D eigenvalue weighted by atomic mass is 9.98. The average Bonchev–Trinajstić information content (AvgIpc) is 3.06. The Morgan fingerprint density at radius 2 is 1.78 bits per heavy atom. The van der Waals surface area contributed by atoms with Gasteiger partial charge in [-0.25, -0.2) is 8.42 Å². The number of anilines is 2. The van der Waals surface area contributed by atoms with Crippen LogP contribution in [-0.2, 0) is 30.8 Å². The molecule has 1 aliphatic heterocycles. The zero-order chi connectivity index (χ0) is 34.1. The van der Waals surface area contributed by atoms with Crippen LogP contribution >= 0.6 is 0 Å². The standard InChI is InChI=1S/C32H34F3N5O5S/c1-19-10-12-23-8-6-7-9-24(23)25(19)17-38-26-13-11-22(15-36)14-27(26)40(28(41)18-46(5,44)45)21(3)29(30(38)42)39(16-20(2)37-4)31(43)32(33,34)35/h6-14,20-21,29,37H,16-18H2,1-5H3/t20-,21-,29-/m0/s1. The minimum absolute atomic E-state index is 0.0463. The molecule has 0 aromatic heterocycles. The lowest BCUT2D eigenvalue weighted by Crippen LogP contribution is -2.63. The number of benzene rings is 3. The van der Waals surface area contributed by atoms with Gasteiger partial charge in [0.15, 0.2) is 9.84 Å². The van der Waals surface area contributed by atoms with Crippen LogP contribution in [0.1, 0.15) is 30.5 Å². The van der Waals surface area contributed by atoms with Crippen LogP contribution in [0.4, 0.5) is 24.5 Å². The number of rotatable bonds is 8. The fraction of sp³-hybridized carbons (Fsp3) is 0.375. The normalized spacial score (nSPS) is 17.7. The van der Waals surface area contributed by atoms with Gasteiger partial charge in [-0.1, -0.05) is 36.4 Å². The van der Waals surface area contributed by atoms with Crippen LogP contribution < -0.4 is 15.1 Å². The summed E-state index contributed by atoms with van der Waals surface area (Å²) >= 11 is 0. The molecule has 0 fully saturated rings. The number of alkyl halides is 3. The Morgan fingerprint density at radius 1 is 1.11 bits per heavy atom. The molecule has 0 bridgehead atoms.